The van der Waals surface area contributed by atoms with Crippen molar-refractivity contribution >= 4 is 31.9 Å². The molecule has 0 saturated carbocycles. The molecule has 0 aromatic carbocycles. The first kappa shape index (κ1) is 7.28. The van der Waals surface area contributed by atoms with E-state index in [0.717, 1.165) is 11.5 Å². The number of aryl methyl sites for hydroxylation is 1. The van der Waals surface area contributed by atoms with E-state index in [-0.39, 0.29) is 3.74 Å². The Morgan fingerprint density at radius 2 is 2.33 bits per heavy atom. The van der Waals surface area contributed by atoms with Crippen LogP contribution in [-0.2, 0) is 0 Å². The Morgan fingerprint density at radius 1 is 1.67 bits per heavy atom. The van der Waals surface area contributed by atoms with E-state index in [1.807, 2.05) is 13.0 Å². The lowest BCUT2D eigenvalue weighted by molar-refractivity contribution is 0.391. The van der Waals surface area contributed by atoms with Crippen LogP contribution in [0.1, 0.15) is 15.2 Å². The summed E-state index contributed by atoms with van der Waals surface area (Å²) in [5, 5.41) is 3.70. The van der Waals surface area contributed by atoms with E-state index in [0.29, 0.717) is 0 Å². The minimum atomic E-state index is 0.0752. The first-order valence-electron chi connectivity index (χ1n) is 2.41. The van der Waals surface area contributed by atoms with Crippen LogP contribution in [0, 0.1) is 6.92 Å². The molecule has 50 valence electrons. The zero-order chi connectivity index (χ0) is 6.85. The molecular formula is C5H5Br2NO. The molecule has 9 heavy (non-hydrogen) atoms. The molecule has 0 saturated heterocycles. The molecule has 0 amide bonds. The number of halogens is 2. The minimum Gasteiger partial charge on any atom is -0.359 e. The second kappa shape index (κ2) is 2.84. The summed E-state index contributed by atoms with van der Waals surface area (Å²) in [5.74, 6) is 0.799. The van der Waals surface area contributed by atoms with Gasteiger partial charge in [0.2, 0.25) is 0 Å². The van der Waals surface area contributed by atoms with Crippen molar-refractivity contribution in [2.75, 3.05) is 0 Å². The van der Waals surface area contributed by atoms with E-state index < -0.39 is 0 Å². The van der Waals surface area contributed by atoms with E-state index >= 15 is 0 Å². The van der Waals surface area contributed by atoms with E-state index in [2.05, 4.69) is 37.0 Å². The molecule has 0 N–H and O–H groups in total. The molecule has 1 aromatic rings. The minimum absolute atomic E-state index is 0.0752. The SMILES string of the molecule is Cc1cc(C(Br)Br)on1. The monoisotopic (exact) mass is 253 g/mol. The topological polar surface area (TPSA) is 26.0 Å². The second-order valence-electron chi connectivity index (χ2n) is 1.67. The lowest BCUT2D eigenvalue weighted by atomic mass is 10.4. The van der Waals surface area contributed by atoms with Gasteiger partial charge in [-0.2, -0.15) is 0 Å². The van der Waals surface area contributed by atoms with Gasteiger partial charge in [0, 0.05) is 6.07 Å². The Balaban J connectivity index is 2.85. The van der Waals surface area contributed by atoms with Crippen LogP contribution in [0.3, 0.4) is 0 Å². The van der Waals surface area contributed by atoms with Crippen molar-refractivity contribution in [3.8, 4) is 0 Å². The van der Waals surface area contributed by atoms with Crippen molar-refractivity contribution in [3.05, 3.63) is 17.5 Å². The van der Waals surface area contributed by atoms with Crippen LogP contribution < -0.4 is 0 Å². The van der Waals surface area contributed by atoms with Crippen molar-refractivity contribution < 1.29 is 4.52 Å². The summed E-state index contributed by atoms with van der Waals surface area (Å²) < 4.78 is 4.96. The molecule has 0 fully saturated rings. The summed E-state index contributed by atoms with van der Waals surface area (Å²) in [5.41, 5.74) is 0.897. The van der Waals surface area contributed by atoms with Gasteiger partial charge in [-0.3, -0.25) is 0 Å². The zero-order valence-corrected chi connectivity index (χ0v) is 7.94. The highest BCUT2D eigenvalue weighted by atomic mass is 79.9. The fourth-order valence-corrected chi connectivity index (χ4v) is 0.918. The molecule has 0 aliphatic heterocycles. The molecule has 2 nitrogen and oxygen atoms in total. The van der Waals surface area contributed by atoms with Gasteiger partial charge in [-0.1, -0.05) is 37.0 Å². The average Bonchev–Trinajstić information content (AvgIpc) is 2.14. The average molecular weight is 255 g/mol. The first-order chi connectivity index (χ1) is 4.20. The number of hydrogen-bond acceptors (Lipinski definition) is 2. The van der Waals surface area contributed by atoms with Gasteiger partial charge in [-0.05, 0) is 6.92 Å². The van der Waals surface area contributed by atoms with Gasteiger partial charge in [0.25, 0.3) is 0 Å². The standard InChI is InChI=1S/C5H5Br2NO/c1-3-2-4(5(6)7)9-8-3/h2,5H,1H3. The maximum Gasteiger partial charge on any atom is 0.161 e. The maximum atomic E-state index is 4.88. The normalized spacial score (nSPS) is 10.7. The predicted octanol–water partition coefficient (Wildman–Crippen LogP) is 2.77. The summed E-state index contributed by atoms with van der Waals surface area (Å²) in [6.45, 7) is 1.88. The fraction of sp³-hybridized carbons (Fsp3) is 0.400. The summed E-state index contributed by atoms with van der Waals surface area (Å²) in [6, 6.07) is 1.87. The number of rotatable bonds is 1. The summed E-state index contributed by atoms with van der Waals surface area (Å²) in [6.07, 6.45) is 0. The van der Waals surface area contributed by atoms with Gasteiger partial charge in [-0.15, -0.1) is 0 Å². The Bertz CT molecular complexity index is 197. The maximum absolute atomic E-state index is 4.88. The van der Waals surface area contributed by atoms with Crippen molar-refractivity contribution in [2.24, 2.45) is 0 Å². The number of aromatic nitrogens is 1. The first-order valence-corrected chi connectivity index (χ1v) is 4.24. The molecule has 0 spiro atoms. The van der Waals surface area contributed by atoms with Crippen molar-refractivity contribution in [1.29, 1.82) is 0 Å². The van der Waals surface area contributed by atoms with E-state index in [1.165, 1.54) is 0 Å². The number of alkyl halides is 2. The van der Waals surface area contributed by atoms with Gasteiger partial charge in [0.15, 0.2) is 5.76 Å². The molecule has 1 heterocycles. The lowest BCUT2D eigenvalue weighted by Gasteiger charge is -1.88. The molecule has 1 rings (SSSR count). The quantitative estimate of drug-likeness (QED) is 0.721. The van der Waals surface area contributed by atoms with Crippen molar-refractivity contribution in [1.82, 2.24) is 5.16 Å². The Kier molecular flexibility index (Phi) is 2.29. The van der Waals surface area contributed by atoms with Crippen LogP contribution in [0.2, 0.25) is 0 Å². The number of nitrogens with zero attached hydrogens (tertiary/aromatic N) is 1. The fourth-order valence-electron chi connectivity index (χ4n) is 0.486. The predicted molar refractivity (Wildman–Crippen MR) is 41.8 cm³/mol. The van der Waals surface area contributed by atoms with Gasteiger partial charge < -0.3 is 4.52 Å². The highest BCUT2D eigenvalue weighted by Crippen LogP contribution is 2.28. The summed E-state index contributed by atoms with van der Waals surface area (Å²) in [7, 11) is 0. The number of hydrogen-bond donors (Lipinski definition) is 0. The van der Waals surface area contributed by atoms with Crippen LogP contribution in [-0.4, -0.2) is 5.16 Å². The van der Waals surface area contributed by atoms with E-state index in [9.17, 15) is 0 Å². The largest absolute Gasteiger partial charge is 0.359 e. The molecule has 0 atom stereocenters. The molecular weight excluding hydrogens is 250 g/mol. The summed E-state index contributed by atoms with van der Waals surface area (Å²) >= 11 is 6.56. The summed E-state index contributed by atoms with van der Waals surface area (Å²) in [4.78, 5) is 0. The lowest BCUT2D eigenvalue weighted by Crippen LogP contribution is -1.70. The van der Waals surface area contributed by atoms with E-state index in [1.54, 1.807) is 0 Å². The molecule has 0 unspecified atom stereocenters. The molecule has 4 heteroatoms. The third kappa shape index (κ3) is 1.79. The van der Waals surface area contributed by atoms with Crippen molar-refractivity contribution in [3.63, 3.8) is 0 Å². The van der Waals surface area contributed by atoms with Gasteiger partial charge in [-0.25, -0.2) is 0 Å². The Morgan fingerprint density at radius 3 is 2.56 bits per heavy atom. The Labute approximate surface area is 69.9 Å². The van der Waals surface area contributed by atoms with Crippen LogP contribution in [0.15, 0.2) is 10.6 Å². The second-order valence-corrected chi connectivity index (χ2v) is 4.73. The highest BCUT2D eigenvalue weighted by molar-refractivity contribution is 9.24. The van der Waals surface area contributed by atoms with Crippen LogP contribution in [0.4, 0.5) is 0 Å². The Hall–Kier alpha value is 0.170. The molecule has 1 aromatic heterocycles. The van der Waals surface area contributed by atoms with Crippen molar-refractivity contribution in [2.45, 2.75) is 10.7 Å². The molecule has 0 bridgehead atoms. The zero-order valence-electron chi connectivity index (χ0n) is 4.77. The van der Waals surface area contributed by atoms with Gasteiger partial charge in [0.05, 0.1) is 5.69 Å². The van der Waals surface area contributed by atoms with Crippen LogP contribution in [0.5, 0.6) is 0 Å². The third-order valence-electron chi connectivity index (χ3n) is 0.861. The third-order valence-corrected chi connectivity index (χ3v) is 1.76. The van der Waals surface area contributed by atoms with Crippen LogP contribution in [0.25, 0.3) is 0 Å². The highest BCUT2D eigenvalue weighted by Gasteiger charge is 2.06. The van der Waals surface area contributed by atoms with Gasteiger partial charge >= 0.3 is 0 Å². The van der Waals surface area contributed by atoms with Crippen LogP contribution >= 0.6 is 31.9 Å². The molecule has 0 aliphatic rings. The molecule has 0 aliphatic carbocycles. The molecule has 0 radical (unpaired) electrons. The van der Waals surface area contributed by atoms with E-state index in [4.69, 9.17) is 4.52 Å². The van der Waals surface area contributed by atoms with Gasteiger partial charge in [0.1, 0.15) is 3.74 Å². The smallest absolute Gasteiger partial charge is 0.161 e.